The minimum absolute atomic E-state index is 0.0552. The van der Waals surface area contributed by atoms with E-state index in [0.29, 0.717) is 6.54 Å². The van der Waals surface area contributed by atoms with Crippen molar-refractivity contribution in [2.75, 3.05) is 18.0 Å². The number of nitrogens with zero attached hydrogens (tertiary/aromatic N) is 1. The first-order valence-electron chi connectivity index (χ1n) is 7.96. The average molecular weight is 425 g/mol. The van der Waals surface area contributed by atoms with Crippen molar-refractivity contribution in [3.05, 3.63) is 58.6 Å². The Morgan fingerprint density at radius 3 is 2.36 bits per heavy atom. The van der Waals surface area contributed by atoms with Gasteiger partial charge in [0.2, 0.25) is 15.9 Å². The molecule has 2 aromatic rings. The Bertz CT molecular complexity index is 836. The molecular formula is C18H21BrN2O3S. The number of anilines is 1. The SMILES string of the molecule is CCN(C(=O)CCNS(=O)(=O)c1ccc(Br)cc1)c1ccccc1C. The predicted molar refractivity (Wildman–Crippen MR) is 103 cm³/mol. The summed E-state index contributed by atoms with van der Waals surface area (Å²) >= 11 is 3.27. The Morgan fingerprint density at radius 1 is 1.12 bits per heavy atom. The fourth-order valence-corrected chi connectivity index (χ4v) is 3.77. The summed E-state index contributed by atoms with van der Waals surface area (Å²) in [6.45, 7) is 4.43. The number of hydrogen-bond acceptors (Lipinski definition) is 3. The number of rotatable bonds is 7. The molecule has 0 aliphatic carbocycles. The number of carbonyl (C=O) groups is 1. The molecule has 0 radical (unpaired) electrons. The highest BCUT2D eigenvalue weighted by Gasteiger charge is 2.18. The number of para-hydroxylation sites is 1. The molecule has 1 N–H and O–H groups in total. The van der Waals surface area contributed by atoms with Crippen LogP contribution in [0.25, 0.3) is 0 Å². The molecule has 2 rings (SSSR count). The summed E-state index contributed by atoms with van der Waals surface area (Å²) in [6, 6.07) is 14.0. The van der Waals surface area contributed by atoms with Gasteiger partial charge < -0.3 is 4.90 Å². The molecule has 25 heavy (non-hydrogen) atoms. The molecule has 0 saturated heterocycles. The van der Waals surface area contributed by atoms with Gasteiger partial charge in [-0.15, -0.1) is 0 Å². The van der Waals surface area contributed by atoms with E-state index in [1.807, 2.05) is 38.1 Å². The van der Waals surface area contributed by atoms with Gasteiger partial charge in [0.15, 0.2) is 0 Å². The van der Waals surface area contributed by atoms with Crippen molar-refractivity contribution in [2.45, 2.75) is 25.2 Å². The molecule has 0 spiro atoms. The van der Waals surface area contributed by atoms with Crippen LogP contribution in [-0.4, -0.2) is 27.4 Å². The molecule has 0 saturated carbocycles. The third-order valence-corrected chi connectivity index (χ3v) is 5.78. The normalized spacial score (nSPS) is 11.3. The van der Waals surface area contributed by atoms with Crippen molar-refractivity contribution in [1.82, 2.24) is 4.72 Å². The van der Waals surface area contributed by atoms with Crippen LogP contribution in [0.1, 0.15) is 18.9 Å². The van der Waals surface area contributed by atoms with Gasteiger partial charge >= 0.3 is 0 Å². The highest BCUT2D eigenvalue weighted by molar-refractivity contribution is 9.10. The first-order valence-corrected chi connectivity index (χ1v) is 10.2. The first kappa shape index (κ1) is 19.6. The van der Waals surface area contributed by atoms with Crippen LogP contribution in [0.4, 0.5) is 5.69 Å². The van der Waals surface area contributed by atoms with Gasteiger partial charge in [0, 0.05) is 29.7 Å². The average Bonchev–Trinajstić information content (AvgIpc) is 2.57. The van der Waals surface area contributed by atoms with Gasteiger partial charge in [-0.2, -0.15) is 0 Å². The lowest BCUT2D eigenvalue weighted by Crippen LogP contribution is -2.34. The monoisotopic (exact) mass is 424 g/mol. The summed E-state index contributed by atoms with van der Waals surface area (Å²) in [6.07, 6.45) is 0.0952. The van der Waals surface area contributed by atoms with Gasteiger partial charge in [0.25, 0.3) is 0 Å². The summed E-state index contributed by atoms with van der Waals surface area (Å²) in [4.78, 5) is 14.3. The summed E-state index contributed by atoms with van der Waals surface area (Å²) in [7, 11) is -3.62. The zero-order valence-electron chi connectivity index (χ0n) is 14.2. The molecule has 1 amide bonds. The van der Waals surface area contributed by atoms with E-state index in [9.17, 15) is 13.2 Å². The van der Waals surface area contributed by atoms with Crippen LogP contribution in [-0.2, 0) is 14.8 Å². The highest BCUT2D eigenvalue weighted by Crippen LogP contribution is 2.20. The fourth-order valence-electron chi connectivity index (χ4n) is 2.47. The van der Waals surface area contributed by atoms with E-state index in [0.717, 1.165) is 15.7 Å². The lowest BCUT2D eigenvalue weighted by Gasteiger charge is -2.23. The molecule has 0 aliphatic heterocycles. The summed E-state index contributed by atoms with van der Waals surface area (Å²) in [5.41, 5.74) is 1.86. The van der Waals surface area contributed by atoms with Crippen LogP contribution < -0.4 is 9.62 Å². The van der Waals surface area contributed by atoms with Crippen LogP contribution in [0, 0.1) is 6.92 Å². The van der Waals surface area contributed by atoms with Crippen molar-refractivity contribution < 1.29 is 13.2 Å². The Labute approximate surface area is 157 Å². The van der Waals surface area contributed by atoms with Crippen molar-refractivity contribution >= 4 is 37.5 Å². The number of carbonyl (C=O) groups excluding carboxylic acids is 1. The highest BCUT2D eigenvalue weighted by atomic mass is 79.9. The second kappa shape index (κ2) is 8.60. The molecule has 0 bridgehead atoms. The van der Waals surface area contributed by atoms with Gasteiger partial charge in [0.1, 0.15) is 0 Å². The molecular weight excluding hydrogens is 404 g/mol. The Hall–Kier alpha value is -1.70. The number of nitrogens with one attached hydrogen (secondary N) is 1. The van der Waals surface area contributed by atoms with Crippen LogP contribution in [0.3, 0.4) is 0 Å². The topological polar surface area (TPSA) is 66.5 Å². The maximum atomic E-state index is 12.5. The third-order valence-electron chi connectivity index (χ3n) is 3.78. The van der Waals surface area contributed by atoms with Crippen molar-refractivity contribution in [3.8, 4) is 0 Å². The zero-order chi connectivity index (χ0) is 18.4. The summed E-state index contributed by atoms with van der Waals surface area (Å²) in [5.74, 6) is -0.115. The van der Waals surface area contributed by atoms with E-state index in [4.69, 9.17) is 0 Å². The second-order valence-electron chi connectivity index (χ2n) is 5.53. The largest absolute Gasteiger partial charge is 0.312 e. The molecule has 0 heterocycles. The Balaban J connectivity index is 1.99. The van der Waals surface area contributed by atoms with Gasteiger partial charge in [-0.3, -0.25) is 4.79 Å². The van der Waals surface area contributed by atoms with Crippen LogP contribution in [0.15, 0.2) is 57.9 Å². The van der Waals surface area contributed by atoms with Crippen molar-refractivity contribution in [2.24, 2.45) is 0 Å². The molecule has 7 heteroatoms. The Morgan fingerprint density at radius 2 is 1.76 bits per heavy atom. The molecule has 0 fully saturated rings. The molecule has 5 nitrogen and oxygen atoms in total. The van der Waals surface area contributed by atoms with Crippen LogP contribution >= 0.6 is 15.9 Å². The maximum absolute atomic E-state index is 12.5. The predicted octanol–water partition coefficient (Wildman–Crippen LogP) is 3.48. The summed E-state index contributed by atoms with van der Waals surface area (Å²) in [5, 5.41) is 0. The molecule has 0 atom stereocenters. The van der Waals surface area contributed by atoms with Gasteiger partial charge in [-0.1, -0.05) is 34.1 Å². The Kier molecular flexibility index (Phi) is 6.75. The zero-order valence-corrected chi connectivity index (χ0v) is 16.6. The van der Waals surface area contributed by atoms with Gasteiger partial charge in [0.05, 0.1) is 4.90 Å². The molecule has 0 aliphatic rings. The number of sulfonamides is 1. The van der Waals surface area contributed by atoms with Crippen molar-refractivity contribution in [1.29, 1.82) is 0 Å². The third kappa shape index (κ3) is 5.14. The quantitative estimate of drug-likeness (QED) is 0.739. The van der Waals surface area contributed by atoms with E-state index in [1.54, 1.807) is 17.0 Å². The fraction of sp³-hybridized carbons (Fsp3) is 0.278. The standard InChI is InChI=1S/C18H21BrN2O3S/c1-3-21(17-7-5-4-6-14(17)2)18(22)12-13-20-25(23,24)16-10-8-15(19)9-11-16/h4-11,20H,3,12-13H2,1-2H3. The van der Waals surface area contributed by atoms with E-state index in [2.05, 4.69) is 20.7 Å². The van der Waals surface area contributed by atoms with Gasteiger partial charge in [-0.05, 0) is 49.7 Å². The minimum Gasteiger partial charge on any atom is -0.312 e. The number of aryl methyl sites for hydroxylation is 1. The maximum Gasteiger partial charge on any atom is 0.240 e. The number of hydrogen-bond donors (Lipinski definition) is 1. The number of benzene rings is 2. The van der Waals surface area contributed by atoms with E-state index in [1.165, 1.54) is 12.1 Å². The summed E-state index contributed by atoms with van der Waals surface area (Å²) < 4.78 is 27.8. The molecule has 0 unspecified atom stereocenters. The van der Waals surface area contributed by atoms with Crippen LogP contribution in [0.5, 0.6) is 0 Å². The molecule has 0 aromatic heterocycles. The number of halogens is 1. The molecule has 2 aromatic carbocycles. The van der Waals surface area contributed by atoms with Crippen LogP contribution in [0.2, 0.25) is 0 Å². The van der Waals surface area contributed by atoms with E-state index >= 15 is 0 Å². The smallest absolute Gasteiger partial charge is 0.240 e. The van der Waals surface area contributed by atoms with Crippen molar-refractivity contribution in [3.63, 3.8) is 0 Å². The van der Waals surface area contributed by atoms with Gasteiger partial charge in [-0.25, -0.2) is 13.1 Å². The number of amides is 1. The first-order chi connectivity index (χ1) is 11.8. The van der Waals surface area contributed by atoms with E-state index in [-0.39, 0.29) is 23.8 Å². The molecule has 134 valence electrons. The lowest BCUT2D eigenvalue weighted by molar-refractivity contribution is -0.118. The lowest BCUT2D eigenvalue weighted by atomic mass is 10.1. The minimum atomic E-state index is -3.62. The van der Waals surface area contributed by atoms with E-state index < -0.39 is 10.0 Å². The second-order valence-corrected chi connectivity index (χ2v) is 8.21.